The molecule has 0 radical (unpaired) electrons. The van der Waals surface area contributed by atoms with Gasteiger partial charge in [-0.25, -0.2) is 0 Å². The maximum Gasteiger partial charge on any atom is 0.471 e. The van der Waals surface area contributed by atoms with Gasteiger partial charge in [0, 0.05) is 37.3 Å². The summed E-state index contributed by atoms with van der Waals surface area (Å²) in [6.45, 7) is -0.276. The van der Waals surface area contributed by atoms with Crippen LogP contribution in [0.25, 0.3) is 5.69 Å². The van der Waals surface area contributed by atoms with Crippen LogP contribution in [0.2, 0.25) is 5.02 Å². The van der Waals surface area contributed by atoms with Gasteiger partial charge in [-0.15, -0.1) is 0 Å². The molecule has 1 aromatic heterocycles. The SMILES string of the molecule is Nc1c2c(cc(=O)n1-c1cc(Cl)ccc1N1CCN(C(=O)C(F)(F)F)CC1)C(=O)NC2=O. The number of pyridine rings is 1. The van der Waals surface area contributed by atoms with Gasteiger partial charge in [0.1, 0.15) is 5.82 Å². The van der Waals surface area contributed by atoms with E-state index in [1.54, 1.807) is 11.0 Å². The molecule has 0 spiro atoms. The number of nitrogens with one attached hydrogen (secondary N) is 1. The van der Waals surface area contributed by atoms with E-state index in [2.05, 4.69) is 5.32 Å². The van der Waals surface area contributed by atoms with Gasteiger partial charge in [0.2, 0.25) is 0 Å². The smallest absolute Gasteiger partial charge is 0.384 e. The zero-order chi connectivity index (χ0) is 23.4. The number of nitrogen functional groups attached to an aromatic ring is 1. The van der Waals surface area contributed by atoms with Gasteiger partial charge in [-0.3, -0.25) is 29.1 Å². The van der Waals surface area contributed by atoms with Gasteiger partial charge >= 0.3 is 12.1 Å². The summed E-state index contributed by atoms with van der Waals surface area (Å²) in [6.07, 6.45) is -4.96. The Hall–Kier alpha value is -3.54. The molecule has 0 saturated carbocycles. The van der Waals surface area contributed by atoms with Crippen LogP contribution in [0, 0.1) is 0 Å². The van der Waals surface area contributed by atoms with Crippen molar-refractivity contribution in [3.63, 3.8) is 0 Å². The minimum atomic E-state index is -4.96. The molecule has 2 aliphatic rings. The molecule has 0 atom stereocenters. The molecule has 4 rings (SSSR count). The van der Waals surface area contributed by atoms with Gasteiger partial charge in [-0.2, -0.15) is 13.2 Å². The van der Waals surface area contributed by atoms with Crippen LogP contribution < -0.4 is 21.5 Å². The number of alkyl halides is 3. The highest BCUT2D eigenvalue weighted by Gasteiger charge is 2.43. The molecule has 1 aromatic carbocycles. The van der Waals surface area contributed by atoms with Crippen LogP contribution in [0.5, 0.6) is 0 Å². The Kier molecular flexibility index (Phi) is 5.12. The molecule has 13 heteroatoms. The highest BCUT2D eigenvalue weighted by atomic mass is 35.5. The summed E-state index contributed by atoms with van der Waals surface area (Å²) < 4.78 is 39.2. The van der Waals surface area contributed by atoms with Crippen LogP contribution in [0.4, 0.5) is 24.7 Å². The normalized spacial score (nSPS) is 16.2. The minimum absolute atomic E-state index is 0.0506. The monoisotopic (exact) mass is 469 g/mol. The number of nitrogens with zero attached hydrogens (tertiary/aromatic N) is 3. The molecule has 2 aliphatic heterocycles. The molecule has 9 nitrogen and oxygen atoms in total. The fourth-order valence-corrected chi connectivity index (χ4v) is 3.97. The van der Waals surface area contributed by atoms with Crippen LogP contribution in [-0.2, 0) is 4.79 Å². The van der Waals surface area contributed by atoms with Crippen molar-refractivity contribution in [1.29, 1.82) is 0 Å². The lowest BCUT2D eigenvalue weighted by molar-refractivity contribution is -0.185. The van der Waals surface area contributed by atoms with Crippen LogP contribution in [0.1, 0.15) is 20.7 Å². The molecular weight excluding hydrogens is 455 g/mol. The van der Waals surface area contributed by atoms with E-state index < -0.39 is 29.5 Å². The van der Waals surface area contributed by atoms with Gasteiger partial charge < -0.3 is 15.5 Å². The Morgan fingerprint density at radius 1 is 1.00 bits per heavy atom. The van der Waals surface area contributed by atoms with E-state index in [0.29, 0.717) is 10.6 Å². The summed E-state index contributed by atoms with van der Waals surface area (Å²) in [5.41, 5.74) is 5.70. The predicted molar refractivity (Wildman–Crippen MR) is 108 cm³/mol. The summed E-state index contributed by atoms with van der Waals surface area (Å²) in [4.78, 5) is 50.7. The topological polar surface area (TPSA) is 118 Å². The molecule has 3 amide bonds. The van der Waals surface area contributed by atoms with E-state index in [1.807, 2.05) is 0 Å². The first-order valence-corrected chi connectivity index (χ1v) is 9.69. The van der Waals surface area contributed by atoms with E-state index in [-0.39, 0.29) is 53.8 Å². The van der Waals surface area contributed by atoms with E-state index in [1.165, 1.54) is 12.1 Å². The van der Waals surface area contributed by atoms with Gasteiger partial charge in [-0.05, 0) is 18.2 Å². The van der Waals surface area contributed by atoms with E-state index >= 15 is 0 Å². The first kappa shape index (κ1) is 21.7. The lowest BCUT2D eigenvalue weighted by Crippen LogP contribution is -2.52. The second-order valence-electron chi connectivity index (χ2n) is 7.19. The van der Waals surface area contributed by atoms with Crippen molar-refractivity contribution >= 4 is 40.8 Å². The highest BCUT2D eigenvalue weighted by molar-refractivity contribution is 6.31. The second-order valence-corrected chi connectivity index (χ2v) is 7.62. The Bertz CT molecular complexity index is 1220. The lowest BCUT2D eigenvalue weighted by atomic mass is 10.1. The number of fused-ring (bicyclic) bond motifs is 1. The van der Waals surface area contributed by atoms with Crippen LogP contribution >= 0.6 is 11.6 Å². The molecular formula is C19H15ClF3N5O4. The third kappa shape index (κ3) is 3.55. The van der Waals surface area contributed by atoms with E-state index in [0.717, 1.165) is 10.6 Å². The number of rotatable bonds is 2. The molecule has 2 aromatic rings. The third-order valence-corrected chi connectivity index (χ3v) is 5.52. The number of aromatic nitrogens is 1. The first-order chi connectivity index (χ1) is 15.0. The van der Waals surface area contributed by atoms with Crippen molar-refractivity contribution in [2.45, 2.75) is 6.18 Å². The summed E-state index contributed by atoms with van der Waals surface area (Å²) in [7, 11) is 0. The number of hydrogen-bond donors (Lipinski definition) is 2. The molecule has 1 fully saturated rings. The molecule has 168 valence electrons. The Balaban J connectivity index is 1.74. The van der Waals surface area contributed by atoms with Gasteiger partial charge in [-0.1, -0.05) is 11.6 Å². The Morgan fingerprint density at radius 2 is 1.66 bits per heavy atom. The maximum atomic E-state index is 12.8. The maximum absolute atomic E-state index is 12.8. The van der Waals surface area contributed by atoms with E-state index in [4.69, 9.17) is 17.3 Å². The van der Waals surface area contributed by atoms with Crippen molar-refractivity contribution < 1.29 is 27.6 Å². The second kappa shape index (κ2) is 7.55. The van der Waals surface area contributed by atoms with Crippen molar-refractivity contribution in [2.24, 2.45) is 0 Å². The van der Waals surface area contributed by atoms with Gasteiger partial charge in [0.05, 0.1) is 22.5 Å². The number of amides is 3. The molecule has 32 heavy (non-hydrogen) atoms. The van der Waals surface area contributed by atoms with Crippen molar-refractivity contribution in [3.05, 3.63) is 50.8 Å². The molecule has 0 bridgehead atoms. The average Bonchev–Trinajstić information content (AvgIpc) is 3.00. The van der Waals surface area contributed by atoms with Crippen LogP contribution in [-0.4, -0.2) is 59.5 Å². The number of benzene rings is 1. The molecule has 0 aliphatic carbocycles. The molecule has 3 N–H and O–H groups in total. The van der Waals surface area contributed by atoms with Crippen LogP contribution in [0.3, 0.4) is 0 Å². The first-order valence-electron chi connectivity index (χ1n) is 9.31. The van der Waals surface area contributed by atoms with E-state index in [9.17, 15) is 32.3 Å². The number of carbonyl (C=O) groups is 3. The molecule has 1 saturated heterocycles. The summed E-state index contributed by atoms with van der Waals surface area (Å²) in [5, 5.41) is 2.31. The fourth-order valence-electron chi connectivity index (χ4n) is 3.80. The zero-order valence-corrected chi connectivity index (χ0v) is 17.0. The molecule has 3 heterocycles. The lowest BCUT2D eigenvalue weighted by Gasteiger charge is -2.37. The standard InChI is InChI=1S/C19H15ClF3N5O4/c20-9-1-2-11(26-3-5-27(6-4-26)18(32)19(21,22)23)12(7-9)28-13(29)8-10-14(15(28)24)17(31)25-16(10)30/h1-2,7-8H,3-6,24H2,(H,25,30,31). The Morgan fingerprint density at radius 3 is 2.28 bits per heavy atom. The van der Waals surface area contributed by atoms with Crippen LogP contribution in [0.15, 0.2) is 29.1 Å². The van der Waals surface area contributed by atoms with Gasteiger partial charge in [0.25, 0.3) is 17.4 Å². The third-order valence-electron chi connectivity index (χ3n) is 5.28. The number of nitrogens with two attached hydrogens (primary N) is 1. The fraction of sp³-hybridized carbons (Fsp3) is 0.263. The zero-order valence-electron chi connectivity index (χ0n) is 16.2. The number of carbonyl (C=O) groups excluding carboxylic acids is 3. The number of piperazine rings is 1. The quantitative estimate of drug-likeness (QED) is 0.637. The number of halogens is 4. The summed E-state index contributed by atoms with van der Waals surface area (Å²) >= 11 is 6.11. The predicted octanol–water partition coefficient (Wildman–Crippen LogP) is 1.17. The van der Waals surface area contributed by atoms with Gasteiger partial charge in [0.15, 0.2) is 0 Å². The largest absolute Gasteiger partial charge is 0.471 e. The van der Waals surface area contributed by atoms with Crippen molar-refractivity contribution in [3.8, 4) is 5.69 Å². The number of imide groups is 1. The summed E-state index contributed by atoms with van der Waals surface area (Å²) in [5.74, 6) is -3.68. The van der Waals surface area contributed by atoms with Crippen molar-refractivity contribution in [1.82, 2.24) is 14.8 Å². The number of anilines is 2. The minimum Gasteiger partial charge on any atom is -0.384 e. The average molecular weight is 470 g/mol. The molecule has 0 unspecified atom stereocenters. The summed E-state index contributed by atoms with van der Waals surface area (Å²) in [6, 6.07) is 5.49. The number of hydrogen-bond acceptors (Lipinski definition) is 6. The Labute approximate surface area is 183 Å². The highest BCUT2D eigenvalue weighted by Crippen LogP contribution is 2.32. The van der Waals surface area contributed by atoms with Crippen molar-refractivity contribution in [2.75, 3.05) is 36.8 Å².